The van der Waals surface area contributed by atoms with E-state index in [1.807, 2.05) is 24.3 Å². The van der Waals surface area contributed by atoms with Gasteiger partial charge in [0, 0.05) is 24.2 Å². The number of anilines is 1. The SMILES string of the molecule is CCCn1nnnc1NCc1c(OCc2ccccc2F)ccc2ccccc12. The monoisotopic (exact) mass is 391 g/mol. The summed E-state index contributed by atoms with van der Waals surface area (Å²) in [6.45, 7) is 3.45. The Kier molecular flexibility index (Phi) is 5.65. The molecule has 0 amide bonds. The summed E-state index contributed by atoms with van der Waals surface area (Å²) in [6.07, 6.45) is 0.936. The maximum absolute atomic E-state index is 14.0. The molecule has 29 heavy (non-hydrogen) atoms. The molecule has 0 saturated carbocycles. The van der Waals surface area contributed by atoms with Crippen LogP contribution in [0.15, 0.2) is 60.7 Å². The summed E-state index contributed by atoms with van der Waals surface area (Å²) in [5.41, 5.74) is 1.50. The molecule has 0 fully saturated rings. The summed E-state index contributed by atoms with van der Waals surface area (Å²) in [6, 6.07) is 18.7. The van der Waals surface area contributed by atoms with Gasteiger partial charge in [-0.25, -0.2) is 9.07 Å². The van der Waals surface area contributed by atoms with Crippen molar-refractivity contribution in [1.82, 2.24) is 20.2 Å². The van der Waals surface area contributed by atoms with Crippen molar-refractivity contribution in [1.29, 1.82) is 0 Å². The number of benzene rings is 3. The Morgan fingerprint density at radius 2 is 1.86 bits per heavy atom. The van der Waals surface area contributed by atoms with Gasteiger partial charge in [0.25, 0.3) is 0 Å². The second kappa shape index (κ2) is 8.68. The minimum absolute atomic E-state index is 0.158. The highest BCUT2D eigenvalue weighted by atomic mass is 19.1. The lowest BCUT2D eigenvalue weighted by Crippen LogP contribution is -2.10. The number of aryl methyl sites for hydroxylation is 1. The van der Waals surface area contributed by atoms with Gasteiger partial charge in [-0.3, -0.25) is 0 Å². The number of tetrazole rings is 1. The Morgan fingerprint density at radius 1 is 1.03 bits per heavy atom. The Labute approximate surface area is 168 Å². The normalized spacial score (nSPS) is 11.0. The van der Waals surface area contributed by atoms with Crippen molar-refractivity contribution in [2.45, 2.75) is 33.0 Å². The van der Waals surface area contributed by atoms with Crippen LogP contribution in [0.1, 0.15) is 24.5 Å². The summed E-state index contributed by atoms with van der Waals surface area (Å²) in [4.78, 5) is 0. The van der Waals surface area contributed by atoms with Crippen molar-refractivity contribution < 1.29 is 9.13 Å². The molecular formula is C22H22FN5O. The molecular weight excluding hydrogens is 369 g/mol. The standard InChI is InChI=1S/C22H22FN5O/c1-2-13-28-22(25-26-27-28)24-14-19-18-9-5-3-7-16(18)11-12-21(19)29-15-17-8-4-6-10-20(17)23/h3-12H,2,13-15H2,1H3,(H,24,25,27). The fourth-order valence-electron chi connectivity index (χ4n) is 3.27. The van der Waals surface area contributed by atoms with E-state index in [1.54, 1.807) is 22.9 Å². The van der Waals surface area contributed by atoms with Gasteiger partial charge in [-0.15, -0.1) is 0 Å². The van der Waals surface area contributed by atoms with Crippen LogP contribution in [0.5, 0.6) is 5.75 Å². The zero-order valence-corrected chi connectivity index (χ0v) is 16.2. The molecule has 0 aliphatic rings. The topological polar surface area (TPSA) is 64.9 Å². The van der Waals surface area contributed by atoms with Gasteiger partial charge in [-0.1, -0.05) is 60.6 Å². The van der Waals surface area contributed by atoms with E-state index >= 15 is 0 Å². The predicted octanol–water partition coefficient (Wildman–Crippen LogP) is 4.57. The molecule has 0 atom stereocenters. The first-order valence-corrected chi connectivity index (χ1v) is 9.63. The third-order valence-corrected chi connectivity index (χ3v) is 4.73. The molecule has 0 saturated heterocycles. The fraction of sp³-hybridized carbons (Fsp3) is 0.227. The molecule has 0 radical (unpaired) electrons. The summed E-state index contributed by atoms with van der Waals surface area (Å²) in [5, 5.41) is 17.3. The molecule has 1 aromatic heterocycles. The molecule has 0 spiro atoms. The second-order valence-corrected chi connectivity index (χ2v) is 6.72. The van der Waals surface area contributed by atoms with Crippen molar-refractivity contribution >= 4 is 16.7 Å². The first-order chi connectivity index (χ1) is 14.3. The van der Waals surface area contributed by atoms with E-state index in [1.165, 1.54) is 6.07 Å². The van der Waals surface area contributed by atoms with Gasteiger partial charge in [-0.2, -0.15) is 0 Å². The van der Waals surface area contributed by atoms with Crippen LogP contribution in [0, 0.1) is 5.82 Å². The molecule has 4 rings (SSSR count). The van der Waals surface area contributed by atoms with E-state index < -0.39 is 0 Å². The molecule has 1 heterocycles. The number of halogens is 1. The van der Waals surface area contributed by atoms with Gasteiger partial charge in [0.1, 0.15) is 18.2 Å². The van der Waals surface area contributed by atoms with Crippen LogP contribution in [0.3, 0.4) is 0 Å². The summed E-state index contributed by atoms with van der Waals surface area (Å²) in [7, 11) is 0. The van der Waals surface area contributed by atoms with Crippen LogP contribution in [0.2, 0.25) is 0 Å². The predicted molar refractivity (Wildman–Crippen MR) is 110 cm³/mol. The minimum Gasteiger partial charge on any atom is -0.488 e. The zero-order chi connectivity index (χ0) is 20.1. The molecule has 1 N–H and O–H groups in total. The number of rotatable bonds is 8. The van der Waals surface area contributed by atoms with Crippen LogP contribution in [0.4, 0.5) is 10.3 Å². The van der Waals surface area contributed by atoms with E-state index in [-0.39, 0.29) is 12.4 Å². The third-order valence-electron chi connectivity index (χ3n) is 4.73. The van der Waals surface area contributed by atoms with Gasteiger partial charge in [0.2, 0.25) is 5.95 Å². The molecule has 7 heteroatoms. The number of fused-ring (bicyclic) bond motifs is 1. The molecule has 4 aromatic rings. The molecule has 0 unspecified atom stereocenters. The highest BCUT2D eigenvalue weighted by molar-refractivity contribution is 5.88. The minimum atomic E-state index is -0.272. The highest BCUT2D eigenvalue weighted by Gasteiger charge is 2.12. The summed E-state index contributed by atoms with van der Waals surface area (Å²) in [5.74, 6) is 1.04. The van der Waals surface area contributed by atoms with E-state index in [4.69, 9.17) is 4.74 Å². The van der Waals surface area contributed by atoms with Gasteiger partial charge in [0.05, 0.1) is 0 Å². The number of nitrogens with zero attached hydrogens (tertiary/aromatic N) is 4. The third kappa shape index (κ3) is 4.18. The highest BCUT2D eigenvalue weighted by Crippen LogP contribution is 2.29. The lowest BCUT2D eigenvalue weighted by molar-refractivity contribution is 0.297. The average Bonchev–Trinajstić information content (AvgIpc) is 3.19. The van der Waals surface area contributed by atoms with E-state index in [2.05, 4.69) is 39.9 Å². The zero-order valence-electron chi connectivity index (χ0n) is 16.2. The fourth-order valence-corrected chi connectivity index (χ4v) is 3.27. The first kappa shape index (κ1) is 18.9. The van der Waals surface area contributed by atoms with Crippen molar-refractivity contribution in [2.75, 3.05) is 5.32 Å². The van der Waals surface area contributed by atoms with Crippen molar-refractivity contribution in [3.63, 3.8) is 0 Å². The molecule has 6 nitrogen and oxygen atoms in total. The smallest absolute Gasteiger partial charge is 0.243 e. The Bertz CT molecular complexity index is 1110. The number of hydrogen-bond donors (Lipinski definition) is 1. The largest absolute Gasteiger partial charge is 0.488 e. The van der Waals surface area contributed by atoms with Crippen LogP contribution < -0.4 is 10.1 Å². The Hall–Kier alpha value is -3.48. The van der Waals surface area contributed by atoms with E-state index in [0.717, 1.165) is 29.3 Å². The molecule has 3 aromatic carbocycles. The lowest BCUT2D eigenvalue weighted by atomic mass is 10.0. The van der Waals surface area contributed by atoms with Gasteiger partial charge >= 0.3 is 0 Å². The van der Waals surface area contributed by atoms with E-state index in [9.17, 15) is 4.39 Å². The number of ether oxygens (including phenoxy) is 1. The van der Waals surface area contributed by atoms with Gasteiger partial charge in [-0.05, 0) is 39.8 Å². The molecule has 148 valence electrons. The lowest BCUT2D eigenvalue weighted by Gasteiger charge is -2.15. The van der Waals surface area contributed by atoms with Crippen molar-refractivity contribution in [3.8, 4) is 5.75 Å². The molecule has 0 aliphatic carbocycles. The maximum atomic E-state index is 14.0. The average molecular weight is 391 g/mol. The Morgan fingerprint density at radius 3 is 2.72 bits per heavy atom. The van der Waals surface area contributed by atoms with Crippen LogP contribution in [-0.2, 0) is 19.7 Å². The quantitative estimate of drug-likeness (QED) is 0.477. The molecule has 0 bridgehead atoms. The first-order valence-electron chi connectivity index (χ1n) is 9.63. The van der Waals surface area contributed by atoms with Crippen LogP contribution in [-0.4, -0.2) is 20.2 Å². The number of hydrogen-bond acceptors (Lipinski definition) is 5. The number of aromatic nitrogens is 4. The summed E-state index contributed by atoms with van der Waals surface area (Å²) >= 11 is 0. The van der Waals surface area contributed by atoms with Gasteiger partial charge in [0.15, 0.2) is 0 Å². The number of nitrogens with one attached hydrogen (secondary N) is 1. The molecule has 0 aliphatic heterocycles. The van der Waals surface area contributed by atoms with Crippen molar-refractivity contribution in [3.05, 3.63) is 77.6 Å². The second-order valence-electron chi connectivity index (χ2n) is 6.72. The maximum Gasteiger partial charge on any atom is 0.243 e. The Balaban J connectivity index is 1.62. The van der Waals surface area contributed by atoms with Crippen LogP contribution in [0.25, 0.3) is 10.8 Å². The van der Waals surface area contributed by atoms with Gasteiger partial charge < -0.3 is 10.1 Å². The van der Waals surface area contributed by atoms with Crippen molar-refractivity contribution in [2.24, 2.45) is 0 Å². The summed E-state index contributed by atoms with van der Waals surface area (Å²) < 4.78 is 21.7. The van der Waals surface area contributed by atoms with E-state index in [0.29, 0.717) is 23.8 Å². The van der Waals surface area contributed by atoms with Crippen LogP contribution >= 0.6 is 0 Å².